The van der Waals surface area contributed by atoms with Crippen LogP contribution in [0.4, 0.5) is 10.1 Å². The molecule has 1 N–H and O–H groups in total. The first kappa shape index (κ1) is 13.8. The molecule has 3 nitrogen and oxygen atoms in total. The van der Waals surface area contributed by atoms with Gasteiger partial charge >= 0.3 is 0 Å². The average molecular weight is 277 g/mol. The first-order chi connectivity index (χ1) is 9.74. The van der Waals surface area contributed by atoms with Crippen molar-refractivity contribution in [3.8, 4) is 0 Å². The minimum atomic E-state index is -0.0504. The molecule has 1 aromatic carbocycles. The highest BCUT2D eigenvalue weighted by Crippen LogP contribution is 2.29. The Morgan fingerprint density at radius 2 is 1.80 bits per heavy atom. The third-order valence-corrected chi connectivity index (χ3v) is 4.63. The Morgan fingerprint density at radius 3 is 2.45 bits per heavy atom. The molecule has 20 heavy (non-hydrogen) atoms. The Hall–Kier alpha value is -1.13. The van der Waals surface area contributed by atoms with Crippen LogP contribution in [-0.2, 0) is 0 Å². The van der Waals surface area contributed by atoms with Crippen molar-refractivity contribution in [3.05, 3.63) is 29.6 Å². The molecule has 0 atom stereocenters. The van der Waals surface area contributed by atoms with E-state index in [0.717, 1.165) is 57.8 Å². The summed E-state index contributed by atoms with van der Waals surface area (Å²) in [7, 11) is 2.12. The summed E-state index contributed by atoms with van der Waals surface area (Å²) in [4.78, 5) is 4.46. The van der Waals surface area contributed by atoms with Gasteiger partial charge in [0.2, 0.25) is 0 Å². The molecule has 0 aromatic heterocycles. The van der Waals surface area contributed by atoms with Crippen LogP contribution in [0.5, 0.6) is 0 Å². The lowest BCUT2D eigenvalue weighted by Gasteiger charge is -2.34. The van der Waals surface area contributed by atoms with E-state index in [2.05, 4.69) is 28.2 Å². The number of benzene rings is 1. The van der Waals surface area contributed by atoms with Crippen LogP contribution >= 0.6 is 0 Å². The Bertz CT molecular complexity index is 449. The van der Waals surface area contributed by atoms with Gasteiger partial charge in [0, 0.05) is 26.2 Å². The van der Waals surface area contributed by atoms with Crippen molar-refractivity contribution in [1.82, 2.24) is 10.2 Å². The van der Waals surface area contributed by atoms with Crippen LogP contribution in [0, 0.1) is 5.82 Å². The summed E-state index contributed by atoms with van der Waals surface area (Å²) < 4.78 is 14.4. The number of halogens is 1. The second-order valence-corrected chi connectivity index (χ2v) is 6.03. The molecular weight excluding hydrogens is 253 g/mol. The second-order valence-electron chi connectivity index (χ2n) is 6.03. The molecule has 110 valence electrons. The number of piperidine rings is 1. The average Bonchev–Trinajstić information content (AvgIpc) is 2.49. The van der Waals surface area contributed by atoms with Gasteiger partial charge in [-0.15, -0.1) is 0 Å². The van der Waals surface area contributed by atoms with Gasteiger partial charge in [0.1, 0.15) is 5.82 Å². The Morgan fingerprint density at radius 1 is 1.10 bits per heavy atom. The largest absolute Gasteiger partial charge is 0.367 e. The molecule has 0 bridgehead atoms. The van der Waals surface area contributed by atoms with E-state index in [1.54, 1.807) is 6.07 Å². The van der Waals surface area contributed by atoms with Gasteiger partial charge in [0.15, 0.2) is 0 Å². The minimum Gasteiger partial charge on any atom is -0.367 e. The first-order valence-corrected chi connectivity index (χ1v) is 7.68. The zero-order valence-electron chi connectivity index (χ0n) is 12.2. The van der Waals surface area contributed by atoms with E-state index in [0.29, 0.717) is 5.92 Å². The molecule has 3 rings (SSSR count). The number of nitrogens with one attached hydrogen (secondary N) is 1. The number of anilines is 1. The number of hydrogen-bond acceptors (Lipinski definition) is 3. The van der Waals surface area contributed by atoms with Crippen LogP contribution in [0.1, 0.15) is 24.3 Å². The minimum absolute atomic E-state index is 0.0504. The summed E-state index contributed by atoms with van der Waals surface area (Å²) in [6.07, 6.45) is 2.24. The van der Waals surface area contributed by atoms with E-state index in [4.69, 9.17) is 0 Å². The lowest BCUT2D eigenvalue weighted by molar-refractivity contribution is 0.311. The van der Waals surface area contributed by atoms with Crippen molar-refractivity contribution in [2.24, 2.45) is 0 Å². The van der Waals surface area contributed by atoms with Gasteiger partial charge in [-0.3, -0.25) is 0 Å². The van der Waals surface area contributed by atoms with Crippen LogP contribution in [0.2, 0.25) is 0 Å². The molecule has 0 unspecified atom stereocenters. The maximum atomic E-state index is 14.4. The van der Waals surface area contributed by atoms with Crippen LogP contribution in [0.3, 0.4) is 0 Å². The topological polar surface area (TPSA) is 18.5 Å². The molecule has 2 aliphatic heterocycles. The van der Waals surface area contributed by atoms with Gasteiger partial charge in [0.05, 0.1) is 5.69 Å². The van der Waals surface area contributed by atoms with Crippen molar-refractivity contribution in [1.29, 1.82) is 0 Å². The van der Waals surface area contributed by atoms with Crippen LogP contribution < -0.4 is 10.2 Å². The van der Waals surface area contributed by atoms with E-state index in [1.165, 1.54) is 5.56 Å². The lowest BCUT2D eigenvalue weighted by Crippen LogP contribution is -2.44. The Balaban J connectivity index is 1.73. The first-order valence-electron chi connectivity index (χ1n) is 7.68. The summed E-state index contributed by atoms with van der Waals surface area (Å²) >= 11 is 0. The van der Waals surface area contributed by atoms with Crippen molar-refractivity contribution >= 4 is 5.69 Å². The zero-order chi connectivity index (χ0) is 13.9. The number of hydrogen-bond donors (Lipinski definition) is 1. The van der Waals surface area contributed by atoms with Crippen molar-refractivity contribution in [2.75, 3.05) is 51.2 Å². The normalized spacial score (nSPS) is 22.2. The molecule has 0 spiro atoms. The molecule has 0 aliphatic carbocycles. The fourth-order valence-electron chi connectivity index (χ4n) is 3.24. The molecule has 0 amide bonds. The van der Waals surface area contributed by atoms with E-state index >= 15 is 0 Å². The highest BCUT2D eigenvalue weighted by molar-refractivity contribution is 5.50. The molecule has 4 heteroatoms. The summed E-state index contributed by atoms with van der Waals surface area (Å²) in [5, 5.41) is 3.36. The van der Waals surface area contributed by atoms with Gasteiger partial charge in [-0.05, 0) is 56.6 Å². The number of likely N-dealkylation sites (N-methyl/N-ethyl adjacent to an activating group) is 1. The Labute approximate surface area is 120 Å². The lowest BCUT2D eigenvalue weighted by atomic mass is 9.90. The monoisotopic (exact) mass is 277 g/mol. The molecule has 2 aliphatic rings. The molecular formula is C16H24FN3. The molecule has 2 fully saturated rings. The van der Waals surface area contributed by atoms with Crippen molar-refractivity contribution < 1.29 is 4.39 Å². The van der Waals surface area contributed by atoms with E-state index in [1.807, 2.05) is 6.07 Å². The van der Waals surface area contributed by atoms with Crippen molar-refractivity contribution in [3.63, 3.8) is 0 Å². The SMILES string of the molecule is CN1CCN(c2ccc(C3CCNCC3)cc2F)CC1. The molecule has 1 aromatic rings. The number of piperazine rings is 1. The van der Waals surface area contributed by atoms with Crippen LogP contribution in [0.25, 0.3) is 0 Å². The van der Waals surface area contributed by atoms with E-state index < -0.39 is 0 Å². The fraction of sp³-hybridized carbons (Fsp3) is 0.625. The van der Waals surface area contributed by atoms with Gasteiger partial charge in [-0.2, -0.15) is 0 Å². The smallest absolute Gasteiger partial charge is 0.146 e. The van der Waals surface area contributed by atoms with Gasteiger partial charge in [-0.25, -0.2) is 4.39 Å². The molecule has 2 heterocycles. The van der Waals surface area contributed by atoms with Crippen LogP contribution in [0.15, 0.2) is 18.2 Å². The van der Waals surface area contributed by atoms with Crippen molar-refractivity contribution in [2.45, 2.75) is 18.8 Å². The number of nitrogens with zero attached hydrogens (tertiary/aromatic N) is 2. The highest BCUT2D eigenvalue weighted by atomic mass is 19.1. The fourth-order valence-corrected chi connectivity index (χ4v) is 3.24. The summed E-state index contributed by atoms with van der Waals surface area (Å²) in [5.41, 5.74) is 1.94. The highest BCUT2D eigenvalue weighted by Gasteiger charge is 2.20. The maximum Gasteiger partial charge on any atom is 0.146 e. The quantitative estimate of drug-likeness (QED) is 0.892. The second kappa shape index (κ2) is 6.10. The summed E-state index contributed by atoms with van der Waals surface area (Å²) in [5.74, 6) is 0.470. The Kier molecular flexibility index (Phi) is 4.22. The van der Waals surface area contributed by atoms with E-state index in [9.17, 15) is 4.39 Å². The third-order valence-electron chi connectivity index (χ3n) is 4.63. The standard InChI is InChI=1S/C16H24FN3/c1-19-8-10-20(11-9-19)16-3-2-14(12-15(16)17)13-4-6-18-7-5-13/h2-3,12-13,18H,4-11H2,1H3. The molecule has 0 radical (unpaired) electrons. The van der Waals surface area contributed by atoms with Gasteiger partial charge in [-0.1, -0.05) is 6.07 Å². The summed E-state index contributed by atoms with van der Waals surface area (Å²) in [6.45, 7) is 5.95. The number of rotatable bonds is 2. The summed E-state index contributed by atoms with van der Waals surface area (Å²) in [6, 6.07) is 5.88. The van der Waals surface area contributed by atoms with Crippen LogP contribution in [-0.4, -0.2) is 51.2 Å². The zero-order valence-corrected chi connectivity index (χ0v) is 12.2. The van der Waals surface area contributed by atoms with Gasteiger partial charge in [0.25, 0.3) is 0 Å². The predicted molar refractivity (Wildman–Crippen MR) is 81.0 cm³/mol. The molecule has 2 saturated heterocycles. The van der Waals surface area contributed by atoms with Gasteiger partial charge < -0.3 is 15.1 Å². The predicted octanol–water partition coefficient (Wildman–Crippen LogP) is 2.04. The molecule has 0 saturated carbocycles. The third kappa shape index (κ3) is 2.96. The van der Waals surface area contributed by atoms with E-state index in [-0.39, 0.29) is 5.82 Å². The maximum absolute atomic E-state index is 14.4.